The molecule has 0 radical (unpaired) electrons. The van der Waals surface area contributed by atoms with Crippen molar-refractivity contribution in [2.24, 2.45) is 0 Å². The Balaban J connectivity index is 1.55. The van der Waals surface area contributed by atoms with Crippen molar-refractivity contribution in [3.63, 3.8) is 0 Å². The van der Waals surface area contributed by atoms with Crippen LogP contribution in [0.4, 0.5) is 0 Å². The molecule has 0 aliphatic carbocycles. The van der Waals surface area contributed by atoms with Gasteiger partial charge in [-0.3, -0.25) is 4.79 Å². The molecule has 0 saturated heterocycles. The topological polar surface area (TPSA) is 77.3 Å². The number of hydrogen-bond acceptors (Lipinski definition) is 5. The largest absolute Gasteiger partial charge is 0.497 e. The van der Waals surface area contributed by atoms with Crippen molar-refractivity contribution in [3.8, 4) is 17.2 Å². The summed E-state index contributed by atoms with van der Waals surface area (Å²) in [4.78, 5) is 12.3. The van der Waals surface area contributed by atoms with Crippen molar-refractivity contribution in [2.45, 2.75) is 32.6 Å². The van der Waals surface area contributed by atoms with Crippen LogP contribution in [0.2, 0.25) is 0 Å². The van der Waals surface area contributed by atoms with Crippen LogP contribution >= 0.6 is 0 Å². The van der Waals surface area contributed by atoms with Crippen molar-refractivity contribution in [2.75, 3.05) is 13.7 Å². The summed E-state index contributed by atoms with van der Waals surface area (Å²) in [5.41, 5.74) is 2.68. The summed E-state index contributed by atoms with van der Waals surface area (Å²) in [6.45, 7) is 6.85. The van der Waals surface area contributed by atoms with Gasteiger partial charge in [0.15, 0.2) is 0 Å². The van der Waals surface area contributed by atoms with E-state index in [-0.39, 0.29) is 11.3 Å². The molecule has 3 aromatic rings. The highest BCUT2D eigenvalue weighted by Gasteiger charge is 2.14. The maximum absolute atomic E-state index is 12.3. The Kier molecular flexibility index (Phi) is 5.78. The Hall–Kier alpha value is -3.15. The fourth-order valence-electron chi connectivity index (χ4n) is 2.73. The molecule has 1 aromatic heterocycles. The van der Waals surface area contributed by atoms with Crippen LogP contribution < -0.4 is 10.1 Å². The molecule has 28 heavy (non-hydrogen) atoms. The lowest BCUT2D eigenvalue weighted by Crippen LogP contribution is -2.25. The van der Waals surface area contributed by atoms with E-state index in [2.05, 4.69) is 36.3 Å². The van der Waals surface area contributed by atoms with E-state index in [1.165, 1.54) is 5.56 Å². The summed E-state index contributed by atoms with van der Waals surface area (Å²) in [6, 6.07) is 15.1. The highest BCUT2D eigenvalue weighted by molar-refractivity contribution is 5.94. The number of carbonyl (C=O) groups is 1. The van der Waals surface area contributed by atoms with Gasteiger partial charge >= 0.3 is 0 Å². The van der Waals surface area contributed by atoms with Crippen LogP contribution in [0.5, 0.6) is 5.75 Å². The fraction of sp³-hybridized carbons (Fsp3) is 0.318. The maximum atomic E-state index is 12.3. The molecule has 0 spiro atoms. The quantitative estimate of drug-likeness (QED) is 0.700. The maximum Gasteiger partial charge on any atom is 0.251 e. The van der Waals surface area contributed by atoms with Gasteiger partial charge in [-0.15, -0.1) is 10.2 Å². The van der Waals surface area contributed by atoms with Gasteiger partial charge in [-0.25, -0.2) is 0 Å². The third-order valence-electron chi connectivity index (χ3n) is 4.42. The second kappa shape index (κ2) is 8.25. The van der Waals surface area contributed by atoms with E-state index in [1.807, 2.05) is 48.5 Å². The highest BCUT2D eigenvalue weighted by Crippen LogP contribution is 2.23. The van der Waals surface area contributed by atoms with Gasteiger partial charge in [-0.2, -0.15) is 0 Å². The fourth-order valence-corrected chi connectivity index (χ4v) is 2.73. The van der Waals surface area contributed by atoms with E-state index in [9.17, 15) is 4.79 Å². The molecule has 0 bridgehead atoms. The van der Waals surface area contributed by atoms with Crippen LogP contribution in [-0.4, -0.2) is 29.8 Å². The predicted molar refractivity (Wildman–Crippen MR) is 107 cm³/mol. The predicted octanol–water partition coefficient (Wildman–Crippen LogP) is 4.02. The minimum Gasteiger partial charge on any atom is -0.497 e. The van der Waals surface area contributed by atoms with Gasteiger partial charge in [0, 0.05) is 24.1 Å². The molecule has 0 atom stereocenters. The third-order valence-corrected chi connectivity index (χ3v) is 4.42. The first-order valence-corrected chi connectivity index (χ1v) is 9.22. The number of nitrogens with one attached hydrogen (secondary N) is 1. The zero-order valence-corrected chi connectivity index (χ0v) is 16.7. The van der Waals surface area contributed by atoms with Crippen molar-refractivity contribution in [1.82, 2.24) is 15.5 Å². The molecule has 1 heterocycles. The van der Waals surface area contributed by atoms with Gasteiger partial charge in [-0.1, -0.05) is 39.0 Å². The molecular formula is C22H25N3O3. The van der Waals surface area contributed by atoms with Gasteiger partial charge in [0.1, 0.15) is 5.75 Å². The van der Waals surface area contributed by atoms with Gasteiger partial charge in [0.25, 0.3) is 5.91 Å². The number of benzene rings is 2. The lowest BCUT2D eigenvalue weighted by molar-refractivity contribution is 0.0953. The number of amides is 1. The van der Waals surface area contributed by atoms with Crippen molar-refractivity contribution in [1.29, 1.82) is 0 Å². The molecule has 1 N–H and O–H groups in total. The van der Waals surface area contributed by atoms with Gasteiger partial charge in [0.2, 0.25) is 11.8 Å². The van der Waals surface area contributed by atoms with Crippen molar-refractivity contribution in [3.05, 3.63) is 65.5 Å². The molecule has 3 rings (SSSR count). The molecule has 0 unspecified atom stereocenters. The molecule has 0 saturated carbocycles. The molecule has 0 aliphatic rings. The van der Waals surface area contributed by atoms with E-state index in [0.29, 0.717) is 30.3 Å². The first-order valence-electron chi connectivity index (χ1n) is 9.22. The molecule has 0 fully saturated rings. The Bertz CT molecular complexity index is 940. The second-order valence-electron chi connectivity index (χ2n) is 7.57. The number of hydrogen-bond donors (Lipinski definition) is 1. The number of aromatic nitrogens is 2. The van der Waals surface area contributed by atoms with E-state index >= 15 is 0 Å². The summed E-state index contributed by atoms with van der Waals surface area (Å²) in [5.74, 6) is 1.51. The van der Waals surface area contributed by atoms with E-state index in [0.717, 1.165) is 11.3 Å². The van der Waals surface area contributed by atoms with Crippen LogP contribution in [0.15, 0.2) is 52.9 Å². The SMILES string of the molecule is COc1cccc(-c2nnc(CCNC(=O)c3ccc(C(C)(C)C)cc3)o2)c1. The van der Waals surface area contributed by atoms with Crippen LogP contribution in [0.1, 0.15) is 42.6 Å². The van der Waals surface area contributed by atoms with E-state index in [1.54, 1.807) is 7.11 Å². The van der Waals surface area contributed by atoms with Crippen molar-refractivity contribution < 1.29 is 13.9 Å². The van der Waals surface area contributed by atoms with E-state index < -0.39 is 0 Å². The Morgan fingerprint density at radius 1 is 1.11 bits per heavy atom. The zero-order chi connectivity index (χ0) is 20.1. The molecule has 146 valence electrons. The summed E-state index contributed by atoms with van der Waals surface area (Å²) < 4.78 is 10.9. The van der Waals surface area contributed by atoms with Gasteiger partial charge in [0.05, 0.1) is 7.11 Å². The summed E-state index contributed by atoms with van der Waals surface area (Å²) in [7, 11) is 1.61. The van der Waals surface area contributed by atoms with Crippen LogP contribution in [0, 0.1) is 0 Å². The zero-order valence-electron chi connectivity index (χ0n) is 16.7. The normalized spacial score (nSPS) is 11.3. The molecule has 0 aliphatic heterocycles. The first-order chi connectivity index (χ1) is 13.4. The van der Waals surface area contributed by atoms with E-state index in [4.69, 9.17) is 9.15 Å². The minimum absolute atomic E-state index is 0.0629. The highest BCUT2D eigenvalue weighted by atomic mass is 16.5. The summed E-state index contributed by atoms with van der Waals surface area (Å²) >= 11 is 0. The number of methoxy groups -OCH3 is 1. The smallest absolute Gasteiger partial charge is 0.251 e. The van der Waals surface area contributed by atoms with Gasteiger partial charge < -0.3 is 14.5 Å². The number of ether oxygens (including phenoxy) is 1. The standard InChI is InChI=1S/C22H25N3O3/c1-22(2,3)17-10-8-15(9-11-17)20(26)23-13-12-19-24-25-21(28-19)16-6-5-7-18(14-16)27-4/h5-11,14H,12-13H2,1-4H3,(H,23,26). The monoisotopic (exact) mass is 379 g/mol. The van der Waals surface area contributed by atoms with Crippen molar-refractivity contribution >= 4 is 5.91 Å². The number of nitrogens with zero attached hydrogens (tertiary/aromatic N) is 2. The molecule has 6 nitrogen and oxygen atoms in total. The Morgan fingerprint density at radius 3 is 2.54 bits per heavy atom. The van der Waals surface area contributed by atoms with Crippen LogP contribution in [-0.2, 0) is 11.8 Å². The average molecular weight is 379 g/mol. The third kappa shape index (κ3) is 4.76. The average Bonchev–Trinajstić information content (AvgIpc) is 3.16. The Morgan fingerprint density at radius 2 is 1.86 bits per heavy atom. The molecular weight excluding hydrogens is 354 g/mol. The number of carbonyl (C=O) groups excluding carboxylic acids is 1. The molecule has 1 amide bonds. The minimum atomic E-state index is -0.118. The summed E-state index contributed by atoms with van der Waals surface area (Å²) in [5, 5.41) is 11.0. The van der Waals surface area contributed by atoms with Crippen LogP contribution in [0.25, 0.3) is 11.5 Å². The lowest BCUT2D eigenvalue weighted by Gasteiger charge is -2.19. The first kappa shape index (κ1) is 19.6. The van der Waals surface area contributed by atoms with Crippen LogP contribution in [0.3, 0.4) is 0 Å². The molecule has 2 aromatic carbocycles. The molecule has 6 heteroatoms. The lowest BCUT2D eigenvalue weighted by atomic mass is 9.87. The Labute approximate surface area is 164 Å². The number of rotatable bonds is 6. The van der Waals surface area contributed by atoms with Gasteiger partial charge in [-0.05, 0) is 41.3 Å². The second-order valence-corrected chi connectivity index (χ2v) is 7.57. The summed E-state index contributed by atoms with van der Waals surface area (Å²) in [6.07, 6.45) is 0.461.